The first kappa shape index (κ1) is 39.7. The average molecular weight is 885 g/mol. The molecule has 4 nitrogen and oxygen atoms in total. The van der Waals surface area contributed by atoms with Crippen molar-refractivity contribution < 1.29 is 0 Å². The van der Waals surface area contributed by atoms with E-state index in [1.54, 1.807) is 11.3 Å². The van der Waals surface area contributed by atoms with E-state index in [4.69, 9.17) is 19.9 Å². The number of nitrogens with zero attached hydrogens (tertiary/aromatic N) is 4. The molecule has 0 amide bonds. The molecule has 1 aliphatic rings. The van der Waals surface area contributed by atoms with E-state index in [1.807, 2.05) is 12.1 Å². The van der Waals surface area contributed by atoms with Crippen molar-refractivity contribution in [3.8, 4) is 78.8 Å². The Morgan fingerprint density at radius 1 is 0.324 bits per heavy atom. The molecule has 5 heteroatoms. The van der Waals surface area contributed by atoms with E-state index in [9.17, 15) is 0 Å². The molecule has 13 rings (SSSR count). The molecular weight excluding hydrogens is 845 g/mol. The molecule has 68 heavy (non-hydrogen) atoms. The van der Waals surface area contributed by atoms with E-state index >= 15 is 0 Å². The van der Waals surface area contributed by atoms with Gasteiger partial charge in [0.15, 0.2) is 11.6 Å². The Labute approximate surface area is 398 Å². The lowest BCUT2D eigenvalue weighted by Crippen LogP contribution is -2.28. The number of benzene rings is 9. The molecule has 0 N–H and O–H groups in total. The molecule has 0 radical (unpaired) electrons. The molecule has 0 bridgehead atoms. The lowest BCUT2D eigenvalue weighted by molar-refractivity contribution is 0.768. The fourth-order valence-electron chi connectivity index (χ4n) is 10.3. The standard InChI is InChI=1S/C63H40N4S/c1-6-20-41(21-7-1)42-34-36-45(37-35-42)61-64-55(43-22-8-2-9-23-43)40-56(65-61)51-38-50-48-30-16-18-32-53(48)63(46-26-12-4-13-27-46,47-28-14-5-15-29-47)54(50)39-52(51)62-66-58(44-24-10-3-11-25-44)60-59(67-62)49-31-17-19-33-57(49)68-60/h1-40H. The third-order valence-corrected chi connectivity index (χ3v) is 14.6. The van der Waals surface area contributed by atoms with Crippen LogP contribution in [0.4, 0.5) is 0 Å². The molecule has 0 saturated heterocycles. The second-order valence-corrected chi connectivity index (χ2v) is 18.3. The van der Waals surface area contributed by atoms with Crippen LogP contribution in [0.5, 0.6) is 0 Å². The van der Waals surface area contributed by atoms with Crippen LogP contribution in [0.3, 0.4) is 0 Å². The van der Waals surface area contributed by atoms with E-state index in [1.165, 1.54) is 32.5 Å². The molecule has 9 aromatic carbocycles. The summed E-state index contributed by atoms with van der Waals surface area (Å²) in [6, 6.07) is 86.2. The highest BCUT2D eigenvalue weighted by molar-refractivity contribution is 7.26. The Morgan fingerprint density at radius 2 is 0.868 bits per heavy atom. The molecule has 1 aliphatic carbocycles. The van der Waals surface area contributed by atoms with Gasteiger partial charge in [-0.1, -0.05) is 218 Å². The van der Waals surface area contributed by atoms with E-state index in [2.05, 4.69) is 231 Å². The topological polar surface area (TPSA) is 51.6 Å². The van der Waals surface area contributed by atoms with E-state index in [0.29, 0.717) is 11.6 Å². The second-order valence-electron chi connectivity index (χ2n) is 17.3. The SMILES string of the molecule is c1ccc(-c2ccc(-c3nc(-c4ccccc4)cc(-c4cc5c(cc4-c4nc(-c6ccccc6)c6sc7ccccc7c6n4)C(c4ccccc4)(c4ccccc4)c4ccccc4-5)n3)cc2)cc1. The van der Waals surface area contributed by atoms with Crippen LogP contribution in [-0.4, -0.2) is 19.9 Å². The van der Waals surface area contributed by atoms with Gasteiger partial charge in [-0.05, 0) is 68.8 Å². The second kappa shape index (κ2) is 16.4. The van der Waals surface area contributed by atoms with Gasteiger partial charge in [-0.25, -0.2) is 19.9 Å². The van der Waals surface area contributed by atoms with Crippen LogP contribution in [0.15, 0.2) is 243 Å². The maximum Gasteiger partial charge on any atom is 0.161 e. The summed E-state index contributed by atoms with van der Waals surface area (Å²) < 4.78 is 2.24. The first-order chi connectivity index (χ1) is 33.7. The Bertz CT molecular complexity index is 3780. The zero-order valence-corrected chi connectivity index (χ0v) is 37.6. The molecule has 0 saturated carbocycles. The smallest absolute Gasteiger partial charge is 0.161 e. The lowest BCUT2D eigenvalue weighted by atomic mass is 9.67. The number of hydrogen-bond acceptors (Lipinski definition) is 5. The largest absolute Gasteiger partial charge is 0.228 e. The first-order valence-electron chi connectivity index (χ1n) is 23.0. The third-order valence-electron chi connectivity index (χ3n) is 13.4. The number of rotatable bonds is 8. The van der Waals surface area contributed by atoms with Crippen LogP contribution >= 0.6 is 11.3 Å². The summed E-state index contributed by atoms with van der Waals surface area (Å²) in [5.74, 6) is 1.28. The number of thiophene rings is 1. The molecule has 0 spiro atoms. The van der Waals surface area contributed by atoms with Gasteiger partial charge in [-0.3, -0.25) is 0 Å². The van der Waals surface area contributed by atoms with Gasteiger partial charge in [0, 0.05) is 37.9 Å². The van der Waals surface area contributed by atoms with Crippen molar-refractivity contribution in [1.82, 2.24) is 19.9 Å². The van der Waals surface area contributed by atoms with Crippen molar-refractivity contribution in [1.29, 1.82) is 0 Å². The maximum atomic E-state index is 5.65. The van der Waals surface area contributed by atoms with E-state index in [0.717, 1.165) is 77.2 Å². The minimum Gasteiger partial charge on any atom is -0.228 e. The van der Waals surface area contributed by atoms with Crippen molar-refractivity contribution in [3.05, 3.63) is 265 Å². The highest BCUT2D eigenvalue weighted by Gasteiger charge is 2.46. The van der Waals surface area contributed by atoms with Crippen LogP contribution in [0.2, 0.25) is 0 Å². The average Bonchev–Trinajstić information content (AvgIpc) is 3.95. The monoisotopic (exact) mass is 884 g/mol. The van der Waals surface area contributed by atoms with Crippen molar-refractivity contribution in [3.63, 3.8) is 0 Å². The molecule has 0 aliphatic heterocycles. The van der Waals surface area contributed by atoms with Gasteiger partial charge in [0.2, 0.25) is 0 Å². The summed E-state index contributed by atoms with van der Waals surface area (Å²) >= 11 is 1.75. The summed E-state index contributed by atoms with van der Waals surface area (Å²) in [6.07, 6.45) is 0. The molecule has 0 fully saturated rings. The molecule has 3 aromatic heterocycles. The van der Waals surface area contributed by atoms with Crippen LogP contribution in [0.1, 0.15) is 22.3 Å². The fraction of sp³-hybridized carbons (Fsp3) is 0.0159. The zero-order valence-electron chi connectivity index (χ0n) is 36.8. The highest BCUT2D eigenvalue weighted by Crippen LogP contribution is 2.58. The van der Waals surface area contributed by atoms with Crippen molar-refractivity contribution in [2.75, 3.05) is 0 Å². The van der Waals surface area contributed by atoms with Crippen LogP contribution < -0.4 is 0 Å². The number of fused-ring (bicyclic) bond motifs is 6. The zero-order chi connectivity index (χ0) is 45.0. The summed E-state index contributed by atoms with van der Waals surface area (Å²) in [5.41, 5.74) is 17.0. The first-order valence-corrected chi connectivity index (χ1v) is 23.8. The number of hydrogen-bond donors (Lipinski definition) is 0. The van der Waals surface area contributed by atoms with Crippen molar-refractivity contribution in [2.45, 2.75) is 5.41 Å². The predicted molar refractivity (Wildman–Crippen MR) is 280 cm³/mol. The van der Waals surface area contributed by atoms with Gasteiger partial charge in [-0.15, -0.1) is 11.3 Å². The van der Waals surface area contributed by atoms with Crippen LogP contribution in [-0.2, 0) is 5.41 Å². The minimum atomic E-state index is -0.643. The van der Waals surface area contributed by atoms with Gasteiger partial charge < -0.3 is 0 Å². The Hall–Kier alpha value is -8.64. The lowest BCUT2D eigenvalue weighted by Gasteiger charge is -2.34. The van der Waals surface area contributed by atoms with Crippen molar-refractivity contribution in [2.24, 2.45) is 0 Å². The molecule has 0 atom stereocenters. The molecular formula is C63H40N4S. The molecule has 12 aromatic rings. The van der Waals surface area contributed by atoms with Gasteiger partial charge >= 0.3 is 0 Å². The Morgan fingerprint density at radius 3 is 1.56 bits per heavy atom. The summed E-state index contributed by atoms with van der Waals surface area (Å²) in [6.45, 7) is 0. The molecule has 3 heterocycles. The van der Waals surface area contributed by atoms with Crippen LogP contribution in [0, 0.1) is 0 Å². The van der Waals surface area contributed by atoms with Gasteiger partial charge in [0.1, 0.15) is 0 Å². The van der Waals surface area contributed by atoms with E-state index < -0.39 is 5.41 Å². The minimum absolute atomic E-state index is 0.636. The summed E-state index contributed by atoms with van der Waals surface area (Å²) in [5, 5.41) is 1.11. The number of aromatic nitrogens is 4. The molecule has 0 unspecified atom stereocenters. The maximum absolute atomic E-state index is 5.65. The van der Waals surface area contributed by atoms with E-state index in [-0.39, 0.29) is 0 Å². The van der Waals surface area contributed by atoms with Crippen molar-refractivity contribution >= 4 is 31.6 Å². The quantitative estimate of drug-likeness (QED) is 0.153. The molecule has 318 valence electrons. The Kier molecular flexibility index (Phi) is 9.55. The Balaban J connectivity index is 1.14. The summed E-state index contributed by atoms with van der Waals surface area (Å²) in [4.78, 5) is 22.1. The van der Waals surface area contributed by atoms with Gasteiger partial charge in [0.05, 0.1) is 32.7 Å². The fourth-order valence-corrected chi connectivity index (χ4v) is 11.5. The third kappa shape index (κ3) is 6.51. The normalized spacial score (nSPS) is 12.5. The highest BCUT2D eigenvalue weighted by atomic mass is 32.1. The predicted octanol–water partition coefficient (Wildman–Crippen LogP) is 16.0. The van der Waals surface area contributed by atoms with Gasteiger partial charge in [0.25, 0.3) is 0 Å². The summed E-state index contributed by atoms with van der Waals surface area (Å²) in [7, 11) is 0. The van der Waals surface area contributed by atoms with Gasteiger partial charge in [-0.2, -0.15) is 0 Å². The van der Waals surface area contributed by atoms with Crippen LogP contribution in [0.25, 0.3) is 99.1 Å².